The van der Waals surface area contributed by atoms with Crippen LogP contribution in [0.1, 0.15) is 32.1 Å². The van der Waals surface area contributed by atoms with Crippen LogP contribution >= 0.6 is 11.6 Å². The Balaban J connectivity index is 1.57. The molecule has 2 unspecified atom stereocenters. The van der Waals surface area contributed by atoms with Gasteiger partial charge in [0.1, 0.15) is 5.82 Å². The van der Waals surface area contributed by atoms with Gasteiger partial charge in [0.25, 0.3) is 0 Å². The fourth-order valence-electron chi connectivity index (χ4n) is 3.40. The van der Waals surface area contributed by atoms with Gasteiger partial charge in [-0.2, -0.15) is 0 Å². The van der Waals surface area contributed by atoms with E-state index in [1.807, 2.05) is 0 Å². The number of benzene rings is 1. The van der Waals surface area contributed by atoms with Crippen molar-refractivity contribution in [3.05, 3.63) is 29.0 Å². The van der Waals surface area contributed by atoms with E-state index in [-0.39, 0.29) is 10.9 Å². The summed E-state index contributed by atoms with van der Waals surface area (Å²) in [6.07, 6.45) is 5.11. The van der Waals surface area contributed by atoms with Crippen molar-refractivity contribution in [1.82, 2.24) is 5.32 Å². The fourth-order valence-corrected chi connectivity index (χ4v) is 3.61. The summed E-state index contributed by atoms with van der Waals surface area (Å²) in [7, 11) is 0. The number of rotatable bonds is 3. The van der Waals surface area contributed by atoms with E-state index in [2.05, 4.69) is 10.6 Å². The molecule has 20 heavy (non-hydrogen) atoms. The number of hydrogen-bond acceptors (Lipinski definition) is 2. The van der Waals surface area contributed by atoms with Crippen LogP contribution < -0.4 is 10.6 Å². The van der Waals surface area contributed by atoms with Gasteiger partial charge in [0, 0.05) is 18.5 Å². The second kappa shape index (κ2) is 5.70. The van der Waals surface area contributed by atoms with Crippen LogP contribution in [0.4, 0.5) is 10.1 Å². The zero-order chi connectivity index (χ0) is 14.1. The Kier molecular flexibility index (Phi) is 3.94. The molecule has 1 aromatic carbocycles. The van der Waals surface area contributed by atoms with Gasteiger partial charge in [-0.3, -0.25) is 4.79 Å². The quantitative estimate of drug-likeness (QED) is 0.898. The Bertz CT molecular complexity index is 511. The maximum Gasteiger partial charge on any atom is 0.224 e. The summed E-state index contributed by atoms with van der Waals surface area (Å²) >= 11 is 5.91. The molecule has 3 rings (SSSR count). The first-order valence-electron chi connectivity index (χ1n) is 7.11. The number of piperidine rings is 1. The normalized spacial score (nSPS) is 28.4. The highest BCUT2D eigenvalue weighted by atomic mass is 35.5. The Morgan fingerprint density at radius 1 is 1.35 bits per heavy atom. The van der Waals surface area contributed by atoms with E-state index in [1.165, 1.54) is 31.0 Å². The van der Waals surface area contributed by atoms with E-state index >= 15 is 0 Å². The molecule has 0 spiro atoms. The van der Waals surface area contributed by atoms with Crippen LogP contribution in [0.25, 0.3) is 0 Å². The number of hydrogen-bond donors (Lipinski definition) is 2. The number of anilines is 1. The number of nitrogens with one attached hydrogen (secondary N) is 2. The molecule has 3 nitrogen and oxygen atoms in total. The molecule has 0 radical (unpaired) electrons. The SMILES string of the molecule is O=C(CC1CC2CCC(C1)N2)Nc1ccc(F)cc1Cl. The largest absolute Gasteiger partial charge is 0.325 e. The molecule has 0 saturated carbocycles. The minimum Gasteiger partial charge on any atom is -0.325 e. The molecule has 0 aromatic heterocycles. The van der Waals surface area contributed by atoms with Gasteiger partial charge in [0.2, 0.25) is 5.91 Å². The van der Waals surface area contributed by atoms with Crippen LogP contribution in [-0.4, -0.2) is 18.0 Å². The third-order valence-corrected chi connectivity index (χ3v) is 4.56. The maximum absolute atomic E-state index is 12.9. The van der Waals surface area contributed by atoms with E-state index in [9.17, 15) is 9.18 Å². The van der Waals surface area contributed by atoms with Crippen molar-refractivity contribution in [2.45, 2.75) is 44.2 Å². The summed E-state index contributed by atoms with van der Waals surface area (Å²) in [5, 5.41) is 6.58. The molecule has 2 saturated heterocycles. The minimum absolute atomic E-state index is 0.0372. The highest BCUT2D eigenvalue weighted by Crippen LogP contribution is 2.33. The monoisotopic (exact) mass is 296 g/mol. The van der Waals surface area contributed by atoms with Crippen molar-refractivity contribution >= 4 is 23.2 Å². The van der Waals surface area contributed by atoms with Gasteiger partial charge in [-0.05, 0) is 49.8 Å². The maximum atomic E-state index is 12.9. The van der Waals surface area contributed by atoms with Crippen LogP contribution in [0.3, 0.4) is 0 Å². The van der Waals surface area contributed by atoms with Crippen molar-refractivity contribution in [3.63, 3.8) is 0 Å². The average molecular weight is 297 g/mol. The van der Waals surface area contributed by atoms with Gasteiger partial charge in [-0.1, -0.05) is 11.6 Å². The summed E-state index contributed by atoms with van der Waals surface area (Å²) < 4.78 is 12.9. The molecular formula is C15H18ClFN2O. The lowest BCUT2D eigenvalue weighted by Gasteiger charge is -2.28. The molecular weight excluding hydrogens is 279 g/mol. The molecule has 0 aliphatic carbocycles. The molecule has 2 fully saturated rings. The van der Waals surface area contributed by atoms with Gasteiger partial charge < -0.3 is 10.6 Å². The Morgan fingerprint density at radius 3 is 2.70 bits per heavy atom. The molecule has 2 aliphatic rings. The summed E-state index contributed by atoms with van der Waals surface area (Å²) in [5.41, 5.74) is 0.481. The number of halogens is 2. The highest BCUT2D eigenvalue weighted by molar-refractivity contribution is 6.33. The van der Waals surface area contributed by atoms with E-state index in [0.717, 1.165) is 12.8 Å². The lowest BCUT2D eigenvalue weighted by molar-refractivity contribution is -0.117. The zero-order valence-electron chi connectivity index (χ0n) is 11.2. The Morgan fingerprint density at radius 2 is 2.05 bits per heavy atom. The molecule has 2 aliphatic heterocycles. The second-order valence-corrected chi connectivity index (χ2v) is 6.26. The predicted molar refractivity (Wildman–Crippen MR) is 77.3 cm³/mol. The third-order valence-electron chi connectivity index (χ3n) is 4.25. The fraction of sp³-hybridized carbons (Fsp3) is 0.533. The van der Waals surface area contributed by atoms with Crippen molar-refractivity contribution in [1.29, 1.82) is 0 Å². The first-order chi connectivity index (χ1) is 9.60. The van der Waals surface area contributed by atoms with Gasteiger partial charge in [-0.25, -0.2) is 4.39 Å². The summed E-state index contributed by atoms with van der Waals surface area (Å²) in [4.78, 5) is 12.1. The predicted octanol–water partition coefficient (Wildman–Crippen LogP) is 3.34. The molecule has 5 heteroatoms. The second-order valence-electron chi connectivity index (χ2n) is 5.85. The van der Waals surface area contributed by atoms with Crippen LogP contribution in [0.2, 0.25) is 5.02 Å². The molecule has 2 heterocycles. The highest BCUT2D eigenvalue weighted by Gasteiger charge is 2.34. The lowest BCUT2D eigenvalue weighted by atomic mass is 9.89. The van der Waals surface area contributed by atoms with Crippen molar-refractivity contribution in [2.24, 2.45) is 5.92 Å². The third kappa shape index (κ3) is 3.13. The van der Waals surface area contributed by atoms with Gasteiger partial charge in [-0.15, -0.1) is 0 Å². The number of amides is 1. The minimum atomic E-state index is -0.400. The number of fused-ring (bicyclic) bond motifs is 2. The first kappa shape index (κ1) is 13.8. The van der Waals surface area contributed by atoms with Crippen molar-refractivity contribution < 1.29 is 9.18 Å². The lowest BCUT2D eigenvalue weighted by Crippen LogP contribution is -2.39. The molecule has 1 amide bonds. The van der Waals surface area contributed by atoms with Gasteiger partial charge >= 0.3 is 0 Å². The van der Waals surface area contributed by atoms with Gasteiger partial charge in [0.15, 0.2) is 0 Å². The Hall–Kier alpha value is -1.13. The molecule has 2 bridgehead atoms. The summed E-state index contributed by atoms with van der Waals surface area (Å²) in [6.45, 7) is 0. The number of carbonyl (C=O) groups is 1. The van der Waals surface area contributed by atoms with Gasteiger partial charge in [0.05, 0.1) is 10.7 Å². The summed E-state index contributed by atoms with van der Waals surface area (Å²) in [5.74, 6) is 0.000658. The first-order valence-corrected chi connectivity index (χ1v) is 7.49. The number of carbonyl (C=O) groups excluding carboxylic acids is 1. The van der Waals surface area contributed by atoms with E-state index < -0.39 is 5.82 Å². The Labute approximate surface area is 122 Å². The topological polar surface area (TPSA) is 41.1 Å². The van der Waals surface area contributed by atoms with E-state index in [1.54, 1.807) is 0 Å². The molecule has 2 atom stereocenters. The van der Waals surface area contributed by atoms with Crippen molar-refractivity contribution in [2.75, 3.05) is 5.32 Å². The van der Waals surface area contributed by atoms with Crippen molar-refractivity contribution in [3.8, 4) is 0 Å². The standard InChI is InChI=1S/C15H18ClFN2O/c16-13-8-10(17)1-4-14(13)19-15(20)7-9-5-11-2-3-12(6-9)18-11/h1,4,8-9,11-12,18H,2-3,5-7H2,(H,19,20). The molecule has 1 aromatic rings. The van der Waals surface area contributed by atoms with E-state index in [4.69, 9.17) is 11.6 Å². The van der Waals surface area contributed by atoms with Crippen LogP contribution in [0.5, 0.6) is 0 Å². The summed E-state index contributed by atoms with van der Waals surface area (Å²) in [6, 6.07) is 5.18. The van der Waals surface area contributed by atoms with Crippen LogP contribution in [0, 0.1) is 11.7 Å². The van der Waals surface area contributed by atoms with E-state index in [0.29, 0.717) is 30.1 Å². The van der Waals surface area contributed by atoms with Crippen LogP contribution in [0.15, 0.2) is 18.2 Å². The molecule has 108 valence electrons. The van der Waals surface area contributed by atoms with Crippen LogP contribution in [-0.2, 0) is 4.79 Å². The molecule has 2 N–H and O–H groups in total. The smallest absolute Gasteiger partial charge is 0.224 e. The zero-order valence-corrected chi connectivity index (χ0v) is 11.9. The average Bonchev–Trinajstić information content (AvgIpc) is 2.72.